The van der Waals surface area contributed by atoms with Crippen molar-refractivity contribution in [2.45, 2.75) is 39.2 Å². The van der Waals surface area contributed by atoms with Gasteiger partial charge >= 0.3 is 0 Å². The highest BCUT2D eigenvalue weighted by Gasteiger charge is 2.23. The number of carbonyl (C=O) groups is 1. The molecule has 1 aromatic rings. The van der Waals surface area contributed by atoms with E-state index in [-0.39, 0.29) is 11.7 Å². The normalized spacial score (nSPS) is 18.3. The fourth-order valence-electron chi connectivity index (χ4n) is 3.11. The molecule has 2 rings (SSSR count). The van der Waals surface area contributed by atoms with E-state index >= 15 is 0 Å². The smallest absolute Gasteiger partial charge is 0.222 e. The van der Waals surface area contributed by atoms with Crippen LogP contribution in [0.2, 0.25) is 0 Å². The second-order valence-electron chi connectivity index (χ2n) is 5.60. The second-order valence-corrected chi connectivity index (χ2v) is 5.60. The van der Waals surface area contributed by atoms with Gasteiger partial charge in [0, 0.05) is 38.6 Å². The number of amides is 1. The summed E-state index contributed by atoms with van der Waals surface area (Å²) < 4.78 is 13.1. The van der Waals surface area contributed by atoms with E-state index < -0.39 is 0 Å². The maximum atomic E-state index is 13.1. The van der Waals surface area contributed by atoms with Gasteiger partial charge in [-0.2, -0.15) is 0 Å². The van der Waals surface area contributed by atoms with Crippen LogP contribution >= 0.6 is 0 Å². The van der Waals surface area contributed by atoms with Crippen molar-refractivity contribution in [1.82, 2.24) is 9.80 Å². The molecule has 116 valence electrons. The number of nitrogens with zero attached hydrogens (tertiary/aromatic N) is 2. The van der Waals surface area contributed by atoms with Crippen LogP contribution in [0, 0.1) is 5.82 Å². The molecule has 3 nitrogen and oxygen atoms in total. The molecular weight excluding hydrogens is 267 g/mol. The predicted molar refractivity (Wildman–Crippen MR) is 82.5 cm³/mol. The first-order chi connectivity index (χ1) is 10.2. The summed E-state index contributed by atoms with van der Waals surface area (Å²) in [5.41, 5.74) is 1.16. The van der Waals surface area contributed by atoms with E-state index in [1.54, 1.807) is 0 Å². The van der Waals surface area contributed by atoms with Gasteiger partial charge in [-0.05, 0) is 30.5 Å². The molecule has 4 heteroatoms. The van der Waals surface area contributed by atoms with Gasteiger partial charge in [0.2, 0.25) is 5.91 Å². The molecule has 1 aromatic carbocycles. The quantitative estimate of drug-likeness (QED) is 0.850. The molecule has 0 aromatic heterocycles. The van der Waals surface area contributed by atoms with Crippen molar-refractivity contribution in [1.29, 1.82) is 0 Å². The molecule has 1 fully saturated rings. The van der Waals surface area contributed by atoms with E-state index in [4.69, 9.17) is 0 Å². The first kappa shape index (κ1) is 16.0. The summed E-state index contributed by atoms with van der Waals surface area (Å²) in [5, 5.41) is 0. The Hall–Kier alpha value is -1.42. The highest BCUT2D eigenvalue weighted by Crippen LogP contribution is 2.25. The van der Waals surface area contributed by atoms with Gasteiger partial charge in [-0.3, -0.25) is 9.69 Å². The zero-order valence-electron chi connectivity index (χ0n) is 13.0. The Bertz CT molecular complexity index is 460. The van der Waals surface area contributed by atoms with Gasteiger partial charge in [0.15, 0.2) is 0 Å². The Morgan fingerprint density at radius 1 is 1.14 bits per heavy atom. The van der Waals surface area contributed by atoms with Crippen molar-refractivity contribution in [2.24, 2.45) is 0 Å². The Labute approximate surface area is 126 Å². The van der Waals surface area contributed by atoms with Gasteiger partial charge < -0.3 is 4.90 Å². The molecule has 1 aliphatic heterocycles. The molecule has 0 bridgehead atoms. The molecule has 0 N–H and O–H groups in total. The lowest BCUT2D eigenvalue weighted by Crippen LogP contribution is -2.36. The summed E-state index contributed by atoms with van der Waals surface area (Å²) in [7, 11) is 0. The number of benzene rings is 1. The van der Waals surface area contributed by atoms with Crippen LogP contribution in [-0.4, -0.2) is 41.9 Å². The minimum absolute atomic E-state index is 0.191. The van der Waals surface area contributed by atoms with Crippen molar-refractivity contribution in [3.63, 3.8) is 0 Å². The highest BCUT2D eigenvalue weighted by molar-refractivity contribution is 5.75. The van der Waals surface area contributed by atoms with Gasteiger partial charge in [0.25, 0.3) is 0 Å². The molecule has 1 amide bonds. The Kier molecular flexibility index (Phi) is 5.74. The van der Waals surface area contributed by atoms with Gasteiger partial charge in [0.1, 0.15) is 5.82 Å². The van der Waals surface area contributed by atoms with Gasteiger partial charge in [-0.1, -0.05) is 26.0 Å². The van der Waals surface area contributed by atoms with Crippen LogP contribution in [0.1, 0.15) is 44.7 Å². The number of carbonyl (C=O) groups excluding carboxylic acids is 1. The molecule has 1 saturated heterocycles. The van der Waals surface area contributed by atoms with E-state index in [0.29, 0.717) is 12.5 Å². The number of hydrogen-bond acceptors (Lipinski definition) is 2. The van der Waals surface area contributed by atoms with E-state index in [9.17, 15) is 9.18 Å². The van der Waals surface area contributed by atoms with E-state index in [1.807, 2.05) is 24.0 Å². The molecule has 21 heavy (non-hydrogen) atoms. The maximum Gasteiger partial charge on any atom is 0.222 e. The molecule has 1 heterocycles. The van der Waals surface area contributed by atoms with Crippen molar-refractivity contribution in [3.05, 3.63) is 35.6 Å². The van der Waals surface area contributed by atoms with Crippen molar-refractivity contribution in [3.8, 4) is 0 Å². The largest absolute Gasteiger partial charge is 0.341 e. The van der Waals surface area contributed by atoms with E-state index in [2.05, 4.69) is 11.8 Å². The number of hydrogen-bond donors (Lipinski definition) is 0. The average Bonchev–Trinajstić information content (AvgIpc) is 2.75. The third kappa shape index (κ3) is 4.03. The maximum absolute atomic E-state index is 13.1. The SMILES string of the molecule is CCC(=O)N1CCCN([C@@H](CC)c2ccc(F)cc2)CC1. The topological polar surface area (TPSA) is 23.6 Å². The van der Waals surface area contributed by atoms with Crippen molar-refractivity contribution in [2.75, 3.05) is 26.2 Å². The molecule has 0 spiro atoms. The fraction of sp³-hybridized carbons (Fsp3) is 0.588. The average molecular weight is 292 g/mol. The second kappa shape index (κ2) is 7.55. The summed E-state index contributed by atoms with van der Waals surface area (Å²) in [5.74, 6) is 0.0517. The summed E-state index contributed by atoms with van der Waals surface area (Å²) in [6, 6.07) is 7.13. The lowest BCUT2D eigenvalue weighted by atomic mass is 10.0. The Morgan fingerprint density at radius 3 is 2.48 bits per heavy atom. The van der Waals surface area contributed by atoms with Crippen LogP contribution in [0.5, 0.6) is 0 Å². The van der Waals surface area contributed by atoms with Gasteiger partial charge in [-0.15, -0.1) is 0 Å². The van der Waals surface area contributed by atoms with Crippen LogP contribution in [0.25, 0.3) is 0 Å². The zero-order chi connectivity index (χ0) is 15.2. The summed E-state index contributed by atoms with van der Waals surface area (Å²) in [4.78, 5) is 16.2. The van der Waals surface area contributed by atoms with E-state index in [1.165, 1.54) is 12.1 Å². The Balaban J connectivity index is 2.05. The monoisotopic (exact) mass is 292 g/mol. The van der Waals surface area contributed by atoms with Crippen molar-refractivity contribution < 1.29 is 9.18 Å². The molecule has 0 aliphatic carbocycles. The van der Waals surface area contributed by atoms with E-state index in [0.717, 1.165) is 44.6 Å². The lowest BCUT2D eigenvalue weighted by molar-refractivity contribution is -0.130. The number of halogens is 1. The summed E-state index contributed by atoms with van der Waals surface area (Å²) in [6.07, 6.45) is 2.58. The standard InChI is InChI=1S/C17H25FN2O/c1-3-16(14-6-8-15(18)9-7-14)19-10-5-11-20(13-12-19)17(21)4-2/h6-9,16H,3-5,10-13H2,1-2H3/t16-/m0/s1. The molecular formula is C17H25FN2O. The van der Waals surface area contributed by atoms with Gasteiger partial charge in [0.05, 0.1) is 0 Å². The highest BCUT2D eigenvalue weighted by atomic mass is 19.1. The first-order valence-electron chi connectivity index (χ1n) is 7.93. The Morgan fingerprint density at radius 2 is 1.86 bits per heavy atom. The molecule has 0 saturated carbocycles. The third-order valence-corrected chi connectivity index (χ3v) is 4.27. The fourth-order valence-corrected chi connectivity index (χ4v) is 3.11. The zero-order valence-corrected chi connectivity index (χ0v) is 13.0. The van der Waals surface area contributed by atoms with Gasteiger partial charge in [-0.25, -0.2) is 4.39 Å². The predicted octanol–water partition coefficient (Wildman–Crippen LogP) is 3.22. The van der Waals surface area contributed by atoms with Crippen LogP contribution in [0.15, 0.2) is 24.3 Å². The van der Waals surface area contributed by atoms with Crippen LogP contribution in [-0.2, 0) is 4.79 Å². The number of rotatable bonds is 4. The van der Waals surface area contributed by atoms with Crippen molar-refractivity contribution >= 4 is 5.91 Å². The summed E-state index contributed by atoms with van der Waals surface area (Å²) >= 11 is 0. The van der Waals surface area contributed by atoms with Crippen LogP contribution in [0.4, 0.5) is 4.39 Å². The molecule has 0 radical (unpaired) electrons. The minimum atomic E-state index is -0.191. The molecule has 0 unspecified atom stereocenters. The first-order valence-corrected chi connectivity index (χ1v) is 7.93. The van der Waals surface area contributed by atoms with Crippen LogP contribution < -0.4 is 0 Å². The van der Waals surface area contributed by atoms with Crippen LogP contribution in [0.3, 0.4) is 0 Å². The lowest BCUT2D eigenvalue weighted by Gasteiger charge is -2.30. The summed E-state index contributed by atoms with van der Waals surface area (Å²) in [6.45, 7) is 7.60. The molecule has 1 aliphatic rings. The molecule has 1 atom stereocenters. The third-order valence-electron chi connectivity index (χ3n) is 4.27. The minimum Gasteiger partial charge on any atom is -0.341 e.